The van der Waals surface area contributed by atoms with Gasteiger partial charge in [-0.05, 0) is 42.3 Å². The number of hydrogen-bond acceptors (Lipinski definition) is 5. The smallest absolute Gasteiger partial charge is 0.270 e. The van der Waals surface area contributed by atoms with Crippen LogP contribution < -0.4 is 10.0 Å². The quantitative estimate of drug-likeness (QED) is 0.622. The maximum Gasteiger partial charge on any atom is 0.270 e. The maximum absolute atomic E-state index is 12.8. The number of carboxylic acid groups (broad SMARTS) is 1. The number of carboxylic acids is 1. The minimum atomic E-state index is -1.29. The molecule has 5 nitrogen and oxygen atoms in total. The molecule has 0 aliphatic carbocycles. The first-order chi connectivity index (χ1) is 11.4. The number of anilines is 1. The van der Waals surface area contributed by atoms with E-state index < -0.39 is 5.97 Å². The summed E-state index contributed by atoms with van der Waals surface area (Å²) in [6.07, 6.45) is 3.66. The van der Waals surface area contributed by atoms with Crippen LogP contribution in [0.25, 0.3) is 6.08 Å². The standard InChI is InChI=1S/C17H14N2O3S2/c1-10-5-6-11(16(21)22)8-13(10)19-15(20)14(24-17(19)23)9-12-4-3-7-18(12)2/h3-9H,1-2H3,(H,21,22)/p-1/b14-9+. The summed E-state index contributed by atoms with van der Waals surface area (Å²) in [6, 6.07) is 8.29. The molecular formula is C17H13N2O3S2-. The van der Waals surface area contributed by atoms with Crippen molar-refractivity contribution >= 4 is 51.9 Å². The Balaban J connectivity index is 2.01. The molecule has 1 aliphatic heterocycles. The van der Waals surface area contributed by atoms with Crippen LogP contribution in [-0.4, -0.2) is 20.8 Å². The molecule has 1 aromatic carbocycles. The maximum atomic E-state index is 12.8. The molecule has 1 aromatic heterocycles. The van der Waals surface area contributed by atoms with Gasteiger partial charge >= 0.3 is 0 Å². The molecule has 1 aliphatic rings. The van der Waals surface area contributed by atoms with Crippen LogP contribution in [0.2, 0.25) is 0 Å². The number of aromatic carboxylic acids is 1. The van der Waals surface area contributed by atoms with Crippen molar-refractivity contribution in [2.45, 2.75) is 6.92 Å². The Hall–Kier alpha value is -2.38. The van der Waals surface area contributed by atoms with Crippen LogP contribution in [0.5, 0.6) is 0 Å². The first-order valence-corrected chi connectivity index (χ1v) is 8.32. The van der Waals surface area contributed by atoms with E-state index >= 15 is 0 Å². The van der Waals surface area contributed by atoms with Crippen LogP contribution in [-0.2, 0) is 11.8 Å². The van der Waals surface area contributed by atoms with E-state index in [-0.39, 0.29) is 11.5 Å². The normalized spacial score (nSPS) is 16.2. The van der Waals surface area contributed by atoms with Gasteiger partial charge in [-0.3, -0.25) is 9.69 Å². The number of aryl methyl sites for hydroxylation is 2. The van der Waals surface area contributed by atoms with Crippen LogP contribution in [0.4, 0.5) is 5.69 Å². The minimum absolute atomic E-state index is 0.0102. The Labute approximate surface area is 148 Å². The van der Waals surface area contributed by atoms with Gasteiger partial charge in [-0.1, -0.05) is 36.1 Å². The predicted molar refractivity (Wildman–Crippen MR) is 96.6 cm³/mol. The Kier molecular flexibility index (Phi) is 4.29. The fourth-order valence-corrected chi connectivity index (χ4v) is 3.68. The molecule has 1 fully saturated rings. The largest absolute Gasteiger partial charge is 0.545 e. The second-order valence-corrected chi connectivity index (χ2v) is 7.03. The molecule has 2 aromatic rings. The third-order valence-corrected chi connectivity index (χ3v) is 5.04. The monoisotopic (exact) mass is 357 g/mol. The van der Waals surface area contributed by atoms with E-state index in [1.165, 1.54) is 28.8 Å². The number of carbonyl (C=O) groups excluding carboxylic acids is 2. The van der Waals surface area contributed by atoms with E-state index in [4.69, 9.17) is 12.2 Å². The third-order valence-electron chi connectivity index (χ3n) is 3.74. The minimum Gasteiger partial charge on any atom is -0.545 e. The number of aromatic nitrogens is 1. The highest BCUT2D eigenvalue weighted by Crippen LogP contribution is 2.37. The predicted octanol–water partition coefficient (Wildman–Crippen LogP) is 2.10. The Morgan fingerprint density at radius 1 is 1.33 bits per heavy atom. The van der Waals surface area contributed by atoms with E-state index in [0.717, 1.165) is 11.3 Å². The Morgan fingerprint density at radius 3 is 2.71 bits per heavy atom. The van der Waals surface area contributed by atoms with Gasteiger partial charge in [0.2, 0.25) is 0 Å². The number of carbonyl (C=O) groups is 2. The summed E-state index contributed by atoms with van der Waals surface area (Å²) in [5.41, 5.74) is 2.12. The number of thioether (sulfide) groups is 1. The number of rotatable bonds is 3. The van der Waals surface area contributed by atoms with Crippen molar-refractivity contribution in [1.82, 2.24) is 4.57 Å². The molecule has 0 saturated carbocycles. The van der Waals surface area contributed by atoms with Gasteiger partial charge in [0.05, 0.1) is 16.6 Å². The molecule has 1 amide bonds. The van der Waals surface area contributed by atoms with Crippen LogP contribution in [0, 0.1) is 6.92 Å². The first-order valence-electron chi connectivity index (χ1n) is 7.10. The summed E-state index contributed by atoms with van der Waals surface area (Å²) in [4.78, 5) is 25.7. The van der Waals surface area contributed by atoms with Gasteiger partial charge in [-0.25, -0.2) is 0 Å². The van der Waals surface area contributed by atoms with E-state index in [0.29, 0.717) is 14.9 Å². The zero-order valence-corrected chi connectivity index (χ0v) is 14.6. The lowest BCUT2D eigenvalue weighted by Crippen LogP contribution is -2.29. The molecule has 0 atom stereocenters. The third kappa shape index (κ3) is 2.88. The molecule has 0 N–H and O–H groups in total. The van der Waals surface area contributed by atoms with Gasteiger partial charge in [0.25, 0.3) is 5.91 Å². The van der Waals surface area contributed by atoms with Crippen LogP contribution >= 0.6 is 24.0 Å². The number of thiocarbonyl (C=S) groups is 1. The average molecular weight is 357 g/mol. The van der Waals surface area contributed by atoms with Crippen LogP contribution in [0.1, 0.15) is 21.6 Å². The molecule has 3 rings (SSSR count). The van der Waals surface area contributed by atoms with Crippen molar-refractivity contribution < 1.29 is 14.7 Å². The molecule has 2 heterocycles. The summed E-state index contributed by atoms with van der Waals surface area (Å²) in [7, 11) is 1.89. The van der Waals surface area contributed by atoms with E-state index in [9.17, 15) is 14.7 Å². The topological polar surface area (TPSA) is 65.4 Å². The Morgan fingerprint density at radius 2 is 2.08 bits per heavy atom. The summed E-state index contributed by atoms with van der Waals surface area (Å²) in [5.74, 6) is -1.55. The van der Waals surface area contributed by atoms with Crippen molar-refractivity contribution in [1.29, 1.82) is 0 Å². The van der Waals surface area contributed by atoms with Gasteiger partial charge in [-0.15, -0.1) is 0 Å². The zero-order chi connectivity index (χ0) is 17.4. The average Bonchev–Trinajstić information content (AvgIpc) is 3.04. The van der Waals surface area contributed by atoms with Gasteiger partial charge < -0.3 is 14.5 Å². The van der Waals surface area contributed by atoms with Crippen LogP contribution in [0.3, 0.4) is 0 Å². The summed E-state index contributed by atoms with van der Waals surface area (Å²) >= 11 is 6.53. The van der Waals surface area contributed by atoms with Crippen molar-refractivity contribution in [3.05, 3.63) is 58.3 Å². The number of nitrogens with zero attached hydrogens (tertiary/aromatic N) is 2. The molecule has 0 radical (unpaired) electrons. The van der Waals surface area contributed by atoms with E-state index in [2.05, 4.69) is 0 Å². The fraction of sp³-hybridized carbons (Fsp3) is 0.118. The van der Waals surface area contributed by atoms with Crippen molar-refractivity contribution in [3.63, 3.8) is 0 Å². The van der Waals surface area contributed by atoms with Crippen molar-refractivity contribution in [3.8, 4) is 0 Å². The lowest BCUT2D eigenvalue weighted by atomic mass is 10.1. The van der Waals surface area contributed by atoms with Crippen LogP contribution in [0.15, 0.2) is 41.4 Å². The second-order valence-electron chi connectivity index (χ2n) is 5.35. The number of amides is 1. The highest BCUT2D eigenvalue weighted by molar-refractivity contribution is 8.27. The lowest BCUT2D eigenvalue weighted by Gasteiger charge is -2.18. The molecule has 7 heteroatoms. The zero-order valence-electron chi connectivity index (χ0n) is 13.0. The molecule has 122 valence electrons. The second kappa shape index (κ2) is 6.26. The number of hydrogen-bond donors (Lipinski definition) is 0. The summed E-state index contributed by atoms with van der Waals surface area (Å²) in [5, 5.41) is 11.1. The molecular weight excluding hydrogens is 344 g/mol. The van der Waals surface area contributed by atoms with E-state index in [1.54, 1.807) is 19.1 Å². The Bertz CT molecular complexity index is 899. The number of benzene rings is 1. The molecule has 1 saturated heterocycles. The van der Waals surface area contributed by atoms with Crippen molar-refractivity contribution in [2.24, 2.45) is 7.05 Å². The first kappa shape index (κ1) is 16.5. The molecule has 0 unspecified atom stereocenters. The molecule has 24 heavy (non-hydrogen) atoms. The molecule has 0 spiro atoms. The highest BCUT2D eigenvalue weighted by Gasteiger charge is 2.34. The SMILES string of the molecule is Cc1ccc(C(=O)[O-])cc1N1C(=O)/C(=C\c2cccn2C)SC1=S. The van der Waals surface area contributed by atoms with Gasteiger partial charge in [0, 0.05) is 18.9 Å². The van der Waals surface area contributed by atoms with Gasteiger partial charge in [0.15, 0.2) is 4.32 Å². The lowest BCUT2D eigenvalue weighted by molar-refractivity contribution is -0.255. The van der Waals surface area contributed by atoms with Crippen molar-refractivity contribution in [2.75, 3.05) is 4.90 Å². The van der Waals surface area contributed by atoms with Gasteiger partial charge in [0.1, 0.15) is 0 Å². The fourth-order valence-electron chi connectivity index (χ4n) is 2.41. The van der Waals surface area contributed by atoms with Gasteiger partial charge in [-0.2, -0.15) is 0 Å². The molecule has 0 bridgehead atoms. The summed E-state index contributed by atoms with van der Waals surface area (Å²) < 4.78 is 2.27. The summed E-state index contributed by atoms with van der Waals surface area (Å²) in [6.45, 7) is 1.80. The van der Waals surface area contributed by atoms with E-state index in [1.807, 2.05) is 29.9 Å². The highest BCUT2D eigenvalue weighted by atomic mass is 32.2.